The number of nitrogens with one attached hydrogen (secondary N) is 1. The van der Waals surface area contributed by atoms with E-state index >= 15 is 0 Å². The Balaban J connectivity index is 2.92. The zero-order valence-corrected chi connectivity index (χ0v) is 8.78. The van der Waals surface area contributed by atoms with Crippen LogP contribution in [0.5, 0.6) is 0 Å². The van der Waals surface area contributed by atoms with Crippen LogP contribution in [0, 0.1) is 13.8 Å². The minimum atomic E-state index is 0.615. The van der Waals surface area contributed by atoms with Crippen LogP contribution in [0.2, 0.25) is 5.02 Å². The normalized spacial score (nSPS) is 10.2. The van der Waals surface area contributed by atoms with E-state index in [1.54, 1.807) is 0 Å². The van der Waals surface area contributed by atoms with E-state index in [-0.39, 0.29) is 0 Å². The average Bonchev–Trinajstić information content (AvgIpc) is 2.02. The van der Waals surface area contributed by atoms with Crippen molar-refractivity contribution in [3.63, 3.8) is 0 Å². The van der Waals surface area contributed by atoms with Crippen LogP contribution in [0.1, 0.15) is 11.1 Å². The lowest BCUT2D eigenvalue weighted by molar-refractivity contribution is 1.02. The van der Waals surface area contributed by atoms with Gasteiger partial charge in [-0.25, -0.2) is 0 Å². The summed E-state index contributed by atoms with van der Waals surface area (Å²) in [4.78, 5) is 0. The molecule has 13 heavy (non-hydrogen) atoms. The van der Waals surface area contributed by atoms with Gasteiger partial charge in [-0.05, 0) is 31.0 Å². The molecule has 0 unspecified atom stereocenters. The number of anilines is 1. The molecule has 1 rings (SSSR count). The van der Waals surface area contributed by atoms with Gasteiger partial charge in [-0.2, -0.15) is 0 Å². The molecular formula is C10H15ClN2. The van der Waals surface area contributed by atoms with Gasteiger partial charge in [0, 0.05) is 13.1 Å². The number of aryl methyl sites for hydroxylation is 2. The van der Waals surface area contributed by atoms with Crippen LogP contribution in [0.4, 0.5) is 5.69 Å². The molecule has 0 heterocycles. The maximum absolute atomic E-state index is 6.07. The molecule has 0 spiro atoms. The molecule has 0 amide bonds. The van der Waals surface area contributed by atoms with Crippen LogP contribution < -0.4 is 11.1 Å². The molecule has 0 saturated heterocycles. The van der Waals surface area contributed by atoms with Gasteiger partial charge in [0.1, 0.15) is 0 Å². The number of benzene rings is 1. The minimum Gasteiger partial charge on any atom is -0.382 e. The molecule has 1 aromatic carbocycles. The molecule has 0 aliphatic heterocycles. The lowest BCUT2D eigenvalue weighted by atomic mass is 10.1. The van der Waals surface area contributed by atoms with Crippen molar-refractivity contribution in [3.05, 3.63) is 28.3 Å². The standard InChI is InChI=1S/C10H15ClN2/c1-7-5-8(2)10(9(11)6-7)13-4-3-12/h5-6,13H,3-4,12H2,1-2H3. The molecule has 72 valence electrons. The van der Waals surface area contributed by atoms with Gasteiger partial charge in [0.05, 0.1) is 10.7 Å². The summed E-state index contributed by atoms with van der Waals surface area (Å²) >= 11 is 6.07. The fourth-order valence-electron chi connectivity index (χ4n) is 1.34. The van der Waals surface area contributed by atoms with Crippen LogP contribution in [0.3, 0.4) is 0 Å². The second-order valence-electron chi connectivity index (χ2n) is 3.15. The van der Waals surface area contributed by atoms with Gasteiger partial charge in [0.25, 0.3) is 0 Å². The van der Waals surface area contributed by atoms with E-state index in [4.69, 9.17) is 17.3 Å². The highest BCUT2D eigenvalue weighted by Crippen LogP contribution is 2.26. The first-order valence-electron chi connectivity index (χ1n) is 4.36. The van der Waals surface area contributed by atoms with Gasteiger partial charge >= 0.3 is 0 Å². The van der Waals surface area contributed by atoms with E-state index in [0.717, 1.165) is 17.3 Å². The monoisotopic (exact) mass is 198 g/mol. The van der Waals surface area contributed by atoms with E-state index in [1.165, 1.54) is 11.1 Å². The lowest BCUT2D eigenvalue weighted by Gasteiger charge is -2.11. The van der Waals surface area contributed by atoms with Crippen molar-refractivity contribution in [2.24, 2.45) is 5.73 Å². The Kier molecular flexibility index (Phi) is 3.58. The lowest BCUT2D eigenvalue weighted by Crippen LogP contribution is -2.14. The van der Waals surface area contributed by atoms with Crippen LogP contribution in [-0.4, -0.2) is 13.1 Å². The highest BCUT2D eigenvalue weighted by atomic mass is 35.5. The van der Waals surface area contributed by atoms with E-state index in [2.05, 4.69) is 11.4 Å². The molecule has 0 radical (unpaired) electrons. The summed E-state index contributed by atoms with van der Waals surface area (Å²) < 4.78 is 0. The Morgan fingerprint density at radius 1 is 1.38 bits per heavy atom. The van der Waals surface area contributed by atoms with Crippen molar-refractivity contribution in [2.75, 3.05) is 18.4 Å². The predicted molar refractivity (Wildman–Crippen MR) is 58.5 cm³/mol. The van der Waals surface area contributed by atoms with Gasteiger partial charge in [0.15, 0.2) is 0 Å². The minimum absolute atomic E-state index is 0.615. The third kappa shape index (κ3) is 2.61. The summed E-state index contributed by atoms with van der Waals surface area (Å²) in [7, 11) is 0. The summed E-state index contributed by atoms with van der Waals surface area (Å²) in [5, 5.41) is 3.97. The highest BCUT2D eigenvalue weighted by Gasteiger charge is 2.03. The first-order chi connectivity index (χ1) is 6.15. The zero-order chi connectivity index (χ0) is 9.84. The third-order valence-corrected chi connectivity index (χ3v) is 2.18. The van der Waals surface area contributed by atoms with Crippen molar-refractivity contribution in [1.82, 2.24) is 0 Å². The molecule has 0 atom stereocenters. The Morgan fingerprint density at radius 3 is 2.62 bits per heavy atom. The number of nitrogens with two attached hydrogens (primary N) is 1. The number of hydrogen-bond acceptors (Lipinski definition) is 2. The summed E-state index contributed by atoms with van der Waals surface area (Å²) in [5.41, 5.74) is 8.75. The van der Waals surface area contributed by atoms with Crippen LogP contribution >= 0.6 is 11.6 Å². The van der Waals surface area contributed by atoms with Crippen molar-refractivity contribution in [2.45, 2.75) is 13.8 Å². The topological polar surface area (TPSA) is 38.0 Å². The molecule has 0 aromatic heterocycles. The van der Waals surface area contributed by atoms with Crippen molar-refractivity contribution < 1.29 is 0 Å². The van der Waals surface area contributed by atoms with E-state index in [0.29, 0.717) is 6.54 Å². The van der Waals surface area contributed by atoms with E-state index in [9.17, 15) is 0 Å². The SMILES string of the molecule is Cc1cc(C)c(NCCN)c(Cl)c1. The number of rotatable bonds is 3. The molecule has 0 saturated carbocycles. The maximum Gasteiger partial charge on any atom is 0.0642 e. The summed E-state index contributed by atoms with van der Waals surface area (Å²) in [6.07, 6.45) is 0. The van der Waals surface area contributed by atoms with Crippen LogP contribution in [0.15, 0.2) is 12.1 Å². The fourth-order valence-corrected chi connectivity index (χ4v) is 1.72. The number of hydrogen-bond donors (Lipinski definition) is 2. The molecule has 1 aromatic rings. The Bertz CT molecular complexity index is 274. The summed E-state index contributed by atoms with van der Waals surface area (Å²) in [6, 6.07) is 4.05. The molecule has 0 fully saturated rings. The average molecular weight is 199 g/mol. The first-order valence-corrected chi connectivity index (χ1v) is 4.73. The quantitative estimate of drug-likeness (QED) is 0.783. The van der Waals surface area contributed by atoms with E-state index < -0.39 is 0 Å². The number of halogens is 1. The zero-order valence-electron chi connectivity index (χ0n) is 8.02. The molecule has 0 aliphatic rings. The second-order valence-corrected chi connectivity index (χ2v) is 3.56. The largest absolute Gasteiger partial charge is 0.382 e. The van der Waals surface area contributed by atoms with Gasteiger partial charge in [-0.1, -0.05) is 17.7 Å². The highest BCUT2D eigenvalue weighted by molar-refractivity contribution is 6.33. The Labute approximate surface area is 84.1 Å². The van der Waals surface area contributed by atoms with Gasteiger partial charge in [-0.3, -0.25) is 0 Å². The molecule has 3 N–H and O–H groups in total. The Morgan fingerprint density at radius 2 is 2.08 bits per heavy atom. The van der Waals surface area contributed by atoms with E-state index in [1.807, 2.05) is 19.9 Å². The molecule has 3 heteroatoms. The first kappa shape index (κ1) is 10.4. The summed E-state index contributed by atoms with van der Waals surface area (Å²) in [5.74, 6) is 0. The summed E-state index contributed by atoms with van der Waals surface area (Å²) in [6.45, 7) is 5.44. The molecule has 2 nitrogen and oxygen atoms in total. The Hall–Kier alpha value is -0.730. The third-order valence-electron chi connectivity index (χ3n) is 1.88. The smallest absolute Gasteiger partial charge is 0.0642 e. The van der Waals surface area contributed by atoms with Gasteiger partial charge < -0.3 is 11.1 Å². The second kappa shape index (κ2) is 4.49. The molecule has 0 aliphatic carbocycles. The predicted octanol–water partition coefficient (Wildman–Crippen LogP) is 2.33. The van der Waals surface area contributed by atoms with Crippen LogP contribution in [0.25, 0.3) is 0 Å². The fraction of sp³-hybridized carbons (Fsp3) is 0.400. The van der Waals surface area contributed by atoms with Crippen molar-refractivity contribution in [3.8, 4) is 0 Å². The van der Waals surface area contributed by atoms with Crippen molar-refractivity contribution >= 4 is 17.3 Å². The molecular weight excluding hydrogens is 184 g/mol. The van der Waals surface area contributed by atoms with Gasteiger partial charge in [-0.15, -0.1) is 0 Å². The maximum atomic E-state index is 6.07. The van der Waals surface area contributed by atoms with Crippen LogP contribution in [-0.2, 0) is 0 Å². The van der Waals surface area contributed by atoms with Crippen molar-refractivity contribution in [1.29, 1.82) is 0 Å². The molecule has 0 bridgehead atoms. The van der Waals surface area contributed by atoms with Gasteiger partial charge in [0.2, 0.25) is 0 Å².